The fourth-order valence-electron chi connectivity index (χ4n) is 4.38. The Balaban J connectivity index is 1.74. The Morgan fingerprint density at radius 1 is 1.12 bits per heavy atom. The first-order valence-electron chi connectivity index (χ1n) is 11.5. The van der Waals surface area contributed by atoms with E-state index in [4.69, 9.17) is 4.74 Å². The number of rotatable bonds is 7. The average Bonchev–Trinajstić information content (AvgIpc) is 3.59. The second kappa shape index (κ2) is 9.51. The standard InChI is InChI=1S/C25H34N2O4S/c1-18-14-27(19(2)17-28)32(29,30)25-12-11-22(21-7-5-4-6-8-21)13-23(25)31-24(18)16-26(3)15-20-9-10-20/h4-8,11-13,18-20,24,28H,9-10,14-17H2,1-3H3/t18-,19+,24+/m0/s1. The predicted octanol–water partition coefficient (Wildman–Crippen LogP) is 3.46. The van der Waals surface area contributed by atoms with Gasteiger partial charge < -0.3 is 14.7 Å². The Morgan fingerprint density at radius 3 is 2.50 bits per heavy atom. The van der Waals surface area contributed by atoms with Crippen molar-refractivity contribution in [1.29, 1.82) is 0 Å². The molecule has 32 heavy (non-hydrogen) atoms. The van der Waals surface area contributed by atoms with Crippen LogP contribution in [0.3, 0.4) is 0 Å². The van der Waals surface area contributed by atoms with E-state index in [2.05, 4.69) is 11.9 Å². The van der Waals surface area contributed by atoms with Crippen molar-refractivity contribution in [2.45, 2.75) is 43.7 Å². The minimum atomic E-state index is -3.81. The summed E-state index contributed by atoms with van der Waals surface area (Å²) in [6.45, 7) is 5.64. The van der Waals surface area contributed by atoms with Crippen LogP contribution in [0.5, 0.6) is 5.75 Å². The smallest absolute Gasteiger partial charge is 0.247 e. The summed E-state index contributed by atoms with van der Waals surface area (Å²) in [5.41, 5.74) is 1.93. The van der Waals surface area contributed by atoms with Gasteiger partial charge in [0, 0.05) is 31.6 Å². The molecule has 0 spiro atoms. The van der Waals surface area contributed by atoms with Crippen molar-refractivity contribution in [2.24, 2.45) is 11.8 Å². The molecule has 1 heterocycles. The zero-order chi connectivity index (χ0) is 22.9. The summed E-state index contributed by atoms with van der Waals surface area (Å²) in [5.74, 6) is 1.12. The molecule has 4 rings (SSSR count). The fourth-order valence-corrected chi connectivity index (χ4v) is 6.20. The van der Waals surface area contributed by atoms with Gasteiger partial charge in [-0.2, -0.15) is 4.31 Å². The van der Waals surface area contributed by atoms with Gasteiger partial charge in [-0.1, -0.05) is 43.3 Å². The number of sulfonamides is 1. The molecular formula is C25H34N2O4S. The Hall–Kier alpha value is -1.93. The summed E-state index contributed by atoms with van der Waals surface area (Å²) >= 11 is 0. The topological polar surface area (TPSA) is 70.1 Å². The third-order valence-corrected chi connectivity index (χ3v) is 8.55. The van der Waals surface area contributed by atoms with Crippen LogP contribution in [0.1, 0.15) is 26.7 Å². The molecular weight excluding hydrogens is 424 g/mol. The molecule has 2 aliphatic rings. The summed E-state index contributed by atoms with van der Waals surface area (Å²) in [5, 5.41) is 9.78. The van der Waals surface area contributed by atoms with Crippen molar-refractivity contribution < 1.29 is 18.3 Å². The minimum Gasteiger partial charge on any atom is -0.487 e. The van der Waals surface area contributed by atoms with E-state index in [1.165, 1.54) is 17.1 Å². The molecule has 0 bridgehead atoms. The molecule has 0 radical (unpaired) electrons. The molecule has 1 fully saturated rings. The Labute approximate surface area is 191 Å². The Morgan fingerprint density at radius 2 is 1.84 bits per heavy atom. The van der Waals surface area contributed by atoms with Crippen molar-refractivity contribution in [2.75, 3.05) is 33.3 Å². The van der Waals surface area contributed by atoms with Gasteiger partial charge in [-0.3, -0.25) is 0 Å². The number of ether oxygens (including phenoxy) is 1. The number of aliphatic hydroxyl groups excluding tert-OH is 1. The number of fused-ring (bicyclic) bond motifs is 1. The maximum absolute atomic E-state index is 13.6. The van der Waals surface area contributed by atoms with E-state index in [1.54, 1.807) is 13.0 Å². The van der Waals surface area contributed by atoms with Gasteiger partial charge in [-0.05, 0) is 56.0 Å². The molecule has 0 aromatic heterocycles. The maximum atomic E-state index is 13.6. The molecule has 6 nitrogen and oxygen atoms in total. The van der Waals surface area contributed by atoms with E-state index < -0.39 is 16.1 Å². The van der Waals surface area contributed by atoms with Crippen molar-refractivity contribution in [3.05, 3.63) is 48.5 Å². The van der Waals surface area contributed by atoms with E-state index in [-0.39, 0.29) is 23.5 Å². The van der Waals surface area contributed by atoms with Crippen LogP contribution in [-0.4, -0.2) is 68.2 Å². The number of benzene rings is 2. The van der Waals surface area contributed by atoms with Gasteiger partial charge in [0.1, 0.15) is 16.7 Å². The highest BCUT2D eigenvalue weighted by Crippen LogP contribution is 2.37. The molecule has 1 aliphatic carbocycles. The second-order valence-corrected chi connectivity index (χ2v) is 11.3. The number of hydrogen-bond donors (Lipinski definition) is 1. The van der Waals surface area contributed by atoms with Gasteiger partial charge in [-0.25, -0.2) is 8.42 Å². The summed E-state index contributed by atoms with van der Waals surface area (Å²) in [4.78, 5) is 2.47. The molecule has 1 saturated carbocycles. The van der Waals surface area contributed by atoms with E-state index in [1.807, 2.05) is 49.4 Å². The normalized spacial score (nSPS) is 24.3. The van der Waals surface area contributed by atoms with Crippen LogP contribution in [0.4, 0.5) is 0 Å². The highest BCUT2D eigenvalue weighted by Gasteiger charge is 2.38. The van der Waals surface area contributed by atoms with Crippen LogP contribution >= 0.6 is 0 Å². The second-order valence-electron chi connectivity index (χ2n) is 9.43. The average molecular weight is 459 g/mol. The quantitative estimate of drug-likeness (QED) is 0.688. The molecule has 2 aromatic carbocycles. The molecule has 1 N–H and O–H groups in total. The predicted molar refractivity (Wildman–Crippen MR) is 126 cm³/mol. The first-order valence-corrected chi connectivity index (χ1v) is 12.9. The third-order valence-electron chi connectivity index (χ3n) is 6.53. The number of aliphatic hydroxyl groups is 1. The molecule has 2 aromatic rings. The summed E-state index contributed by atoms with van der Waals surface area (Å²) < 4.78 is 35.1. The summed E-state index contributed by atoms with van der Waals surface area (Å²) in [6, 6.07) is 14.7. The lowest BCUT2D eigenvalue weighted by Gasteiger charge is -2.37. The van der Waals surface area contributed by atoms with E-state index in [0.29, 0.717) is 12.3 Å². The van der Waals surface area contributed by atoms with Crippen LogP contribution in [0.25, 0.3) is 11.1 Å². The van der Waals surface area contributed by atoms with Crippen LogP contribution in [0, 0.1) is 11.8 Å². The van der Waals surface area contributed by atoms with Gasteiger partial charge in [0.25, 0.3) is 0 Å². The molecule has 0 saturated heterocycles. The number of likely N-dealkylation sites (N-methyl/N-ethyl adjacent to an activating group) is 1. The summed E-state index contributed by atoms with van der Waals surface area (Å²) in [7, 11) is -1.70. The number of nitrogens with zero attached hydrogens (tertiary/aromatic N) is 2. The fraction of sp³-hybridized carbons (Fsp3) is 0.520. The highest BCUT2D eigenvalue weighted by atomic mass is 32.2. The van der Waals surface area contributed by atoms with Gasteiger partial charge in [-0.15, -0.1) is 0 Å². The van der Waals surface area contributed by atoms with Gasteiger partial charge in [0.2, 0.25) is 10.0 Å². The van der Waals surface area contributed by atoms with Crippen molar-refractivity contribution in [1.82, 2.24) is 9.21 Å². The van der Waals surface area contributed by atoms with Gasteiger partial charge >= 0.3 is 0 Å². The first-order chi connectivity index (χ1) is 15.3. The van der Waals surface area contributed by atoms with Crippen LogP contribution < -0.4 is 4.74 Å². The maximum Gasteiger partial charge on any atom is 0.247 e. The first kappa shape index (κ1) is 23.2. The van der Waals surface area contributed by atoms with Crippen LogP contribution in [0.15, 0.2) is 53.4 Å². The van der Waals surface area contributed by atoms with Crippen molar-refractivity contribution in [3.63, 3.8) is 0 Å². The van der Waals surface area contributed by atoms with Crippen molar-refractivity contribution >= 4 is 10.0 Å². The van der Waals surface area contributed by atoms with Crippen LogP contribution in [0.2, 0.25) is 0 Å². The zero-order valence-corrected chi connectivity index (χ0v) is 20.0. The van der Waals surface area contributed by atoms with Gasteiger partial charge in [0.15, 0.2) is 0 Å². The molecule has 174 valence electrons. The molecule has 0 amide bonds. The zero-order valence-electron chi connectivity index (χ0n) is 19.1. The monoisotopic (exact) mass is 458 g/mol. The van der Waals surface area contributed by atoms with E-state index in [0.717, 1.165) is 30.1 Å². The lowest BCUT2D eigenvalue weighted by molar-refractivity contribution is 0.0741. The SMILES string of the molecule is C[C@H](CO)N1C[C@H](C)[C@@H](CN(C)CC2CC2)Oc2cc(-c3ccccc3)ccc2S1(=O)=O. The van der Waals surface area contributed by atoms with E-state index in [9.17, 15) is 13.5 Å². The Kier molecular flexibility index (Phi) is 6.91. The largest absolute Gasteiger partial charge is 0.487 e. The minimum absolute atomic E-state index is 0.0334. The van der Waals surface area contributed by atoms with Crippen LogP contribution in [-0.2, 0) is 10.0 Å². The third kappa shape index (κ3) is 5.01. The number of hydrogen-bond acceptors (Lipinski definition) is 5. The molecule has 1 aliphatic heterocycles. The molecule has 0 unspecified atom stereocenters. The highest BCUT2D eigenvalue weighted by molar-refractivity contribution is 7.89. The molecule has 3 atom stereocenters. The lowest BCUT2D eigenvalue weighted by atomic mass is 10.0. The Bertz CT molecular complexity index is 1020. The van der Waals surface area contributed by atoms with Gasteiger partial charge in [0.05, 0.1) is 6.61 Å². The summed E-state index contributed by atoms with van der Waals surface area (Å²) in [6.07, 6.45) is 2.41. The lowest BCUT2D eigenvalue weighted by Crippen LogP contribution is -2.49. The van der Waals surface area contributed by atoms with Crippen molar-refractivity contribution in [3.8, 4) is 16.9 Å². The molecule has 7 heteroatoms. The van der Waals surface area contributed by atoms with E-state index >= 15 is 0 Å².